The second kappa shape index (κ2) is 6.36. The van der Waals surface area contributed by atoms with Gasteiger partial charge in [0.25, 0.3) is 0 Å². The van der Waals surface area contributed by atoms with Crippen LogP contribution in [0.5, 0.6) is 0 Å². The first kappa shape index (κ1) is 12.8. The van der Waals surface area contributed by atoms with Crippen LogP contribution in [0.4, 0.5) is 5.69 Å². The molecular formula is C15H20N2O. The third-order valence-corrected chi connectivity index (χ3v) is 3.15. The van der Waals surface area contributed by atoms with E-state index in [1.54, 1.807) is 0 Å². The summed E-state index contributed by atoms with van der Waals surface area (Å²) < 4.78 is 0. The number of hydrogen-bond donors (Lipinski definition) is 2. The van der Waals surface area contributed by atoms with E-state index in [0.29, 0.717) is 5.92 Å². The largest absolute Gasteiger partial charge is 0.396 e. The third kappa shape index (κ3) is 3.20. The van der Waals surface area contributed by atoms with Gasteiger partial charge < -0.3 is 10.4 Å². The number of nitrogens with one attached hydrogen (secondary N) is 1. The van der Waals surface area contributed by atoms with Crippen LogP contribution in [0, 0.1) is 5.92 Å². The van der Waals surface area contributed by atoms with Crippen molar-refractivity contribution in [2.75, 3.05) is 18.5 Å². The molecule has 2 aromatic rings. The summed E-state index contributed by atoms with van der Waals surface area (Å²) in [6.07, 6.45) is 3.95. The Labute approximate surface area is 108 Å². The SMILES string of the molecule is CC(CO)CCCNc1ccnc2ccccc12. The fourth-order valence-electron chi connectivity index (χ4n) is 2.01. The maximum absolute atomic E-state index is 8.96. The van der Waals surface area contributed by atoms with Crippen LogP contribution >= 0.6 is 0 Å². The Morgan fingerprint density at radius 3 is 2.94 bits per heavy atom. The number of pyridine rings is 1. The quantitative estimate of drug-likeness (QED) is 0.768. The van der Waals surface area contributed by atoms with E-state index in [4.69, 9.17) is 5.11 Å². The number of fused-ring (bicyclic) bond motifs is 1. The van der Waals surface area contributed by atoms with E-state index in [-0.39, 0.29) is 6.61 Å². The fourth-order valence-corrected chi connectivity index (χ4v) is 2.01. The zero-order valence-corrected chi connectivity index (χ0v) is 10.8. The lowest BCUT2D eigenvalue weighted by molar-refractivity contribution is 0.229. The van der Waals surface area contributed by atoms with Crippen molar-refractivity contribution in [1.29, 1.82) is 0 Å². The van der Waals surface area contributed by atoms with Gasteiger partial charge in [0, 0.05) is 30.4 Å². The average Bonchev–Trinajstić information content (AvgIpc) is 2.43. The first-order chi connectivity index (χ1) is 8.81. The summed E-state index contributed by atoms with van der Waals surface area (Å²) in [5, 5.41) is 13.6. The first-order valence-electron chi connectivity index (χ1n) is 6.49. The van der Waals surface area contributed by atoms with Gasteiger partial charge in [0.2, 0.25) is 0 Å². The van der Waals surface area contributed by atoms with Gasteiger partial charge in [-0.1, -0.05) is 25.1 Å². The van der Waals surface area contributed by atoms with E-state index >= 15 is 0 Å². The molecule has 2 rings (SSSR count). The minimum atomic E-state index is 0.276. The van der Waals surface area contributed by atoms with Gasteiger partial charge in [-0.25, -0.2) is 0 Å². The summed E-state index contributed by atoms with van der Waals surface area (Å²) in [6.45, 7) is 3.28. The van der Waals surface area contributed by atoms with Gasteiger partial charge >= 0.3 is 0 Å². The molecule has 0 saturated heterocycles. The zero-order chi connectivity index (χ0) is 12.8. The molecule has 3 nitrogen and oxygen atoms in total. The van der Waals surface area contributed by atoms with Crippen LogP contribution in [0.15, 0.2) is 36.5 Å². The Balaban J connectivity index is 1.95. The molecule has 0 radical (unpaired) electrons. The van der Waals surface area contributed by atoms with Crippen LogP contribution in [0.1, 0.15) is 19.8 Å². The molecule has 1 heterocycles. The van der Waals surface area contributed by atoms with Gasteiger partial charge in [-0.2, -0.15) is 0 Å². The van der Waals surface area contributed by atoms with Gasteiger partial charge in [0.15, 0.2) is 0 Å². The van der Waals surface area contributed by atoms with Crippen molar-refractivity contribution in [1.82, 2.24) is 4.98 Å². The Hall–Kier alpha value is -1.61. The van der Waals surface area contributed by atoms with Gasteiger partial charge in [-0.05, 0) is 30.9 Å². The van der Waals surface area contributed by atoms with E-state index in [1.165, 1.54) is 0 Å². The molecular weight excluding hydrogens is 224 g/mol. The molecule has 18 heavy (non-hydrogen) atoms. The Kier molecular flexibility index (Phi) is 4.53. The number of aliphatic hydroxyl groups is 1. The Bertz CT molecular complexity index is 493. The highest BCUT2D eigenvalue weighted by atomic mass is 16.3. The second-order valence-corrected chi connectivity index (χ2v) is 4.73. The van der Waals surface area contributed by atoms with Gasteiger partial charge in [-0.3, -0.25) is 4.98 Å². The molecule has 0 amide bonds. The number of aliphatic hydroxyl groups excluding tert-OH is 1. The molecule has 1 aromatic carbocycles. The lowest BCUT2D eigenvalue weighted by atomic mass is 10.1. The van der Waals surface area contributed by atoms with E-state index in [2.05, 4.69) is 23.3 Å². The lowest BCUT2D eigenvalue weighted by Gasteiger charge is -2.11. The van der Waals surface area contributed by atoms with Crippen LogP contribution in [-0.2, 0) is 0 Å². The molecule has 0 saturated carbocycles. The molecule has 1 aromatic heterocycles. The van der Waals surface area contributed by atoms with Crippen molar-refractivity contribution in [2.24, 2.45) is 5.92 Å². The predicted octanol–water partition coefficient (Wildman–Crippen LogP) is 3.06. The third-order valence-electron chi connectivity index (χ3n) is 3.15. The highest BCUT2D eigenvalue weighted by Gasteiger charge is 2.02. The number of nitrogens with zero attached hydrogens (tertiary/aromatic N) is 1. The van der Waals surface area contributed by atoms with Crippen LogP contribution in [0.3, 0.4) is 0 Å². The molecule has 96 valence electrons. The number of rotatable bonds is 6. The summed E-state index contributed by atoms with van der Waals surface area (Å²) in [4.78, 5) is 4.34. The second-order valence-electron chi connectivity index (χ2n) is 4.73. The maximum atomic E-state index is 8.96. The van der Waals surface area contributed by atoms with Crippen molar-refractivity contribution in [3.05, 3.63) is 36.5 Å². The highest BCUT2D eigenvalue weighted by Crippen LogP contribution is 2.20. The molecule has 1 atom stereocenters. The summed E-state index contributed by atoms with van der Waals surface area (Å²) in [7, 11) is 0. The van der Waals surface area contributed by atoms with Crippen molar-refractivity contribution in [3.8, 4) is 0 Å². The van der Waals surface area contributed by atoms with Crippen LogP contribution in [0.25, 0.3) is 10.9 Å². The van der Waals surface area contributed by atoms with Gasteiger partial charge in [-0.15, -0.1) is 0 Å². The topological polar surface area (TPSA) is 45.1 Å². The van der Waals surface area contributed by atoms with Gasteiger partial charge in [0.1, 0.15) is 0 Å². The minimum Gasteiger partial charge on any atom is -0.396 e. The molecule has 2 N–H and O–H groups in total. The maximum Gasteiger partial charge on any atom is 0.0722 e. The number of benzene rings is 1. The van der Waals surface area contributed by atoms with Crippen LogP contribution in [0.2, 0.25) is 0 Å². The summed E-state index contributed by atoms with van der Waals surface area (Å²) in [5.41, 5.74) is 2.16. The average molecular weight is 244 g/mol. The molecule has 0 spiro atoms. The van der Waals surface area contributed by atoms with Gasteiger partial charge in [0.05, 0.1) is 5.52 Å². The zero-order valence-electron chi connectivity index (χ0n) is 10.8. The Morgan fingerprint density at radius 2 is 2.11 bits per heavy atom. The van der Waals surface area contributed by atoms with Crippen molar-refractivity contribution >= 4 is 16.6 Å². The lowest BCUT2D eigenvalue weighted by Crippen LogP contribution is -2.06. The smallest absolute Gasteiger partial charge is 0.0722 e. The van der Waals surface area contributed by atoms with Crippen molar-refractivity contribution in [2.45, 2.75) is 19.8 Å². The molecule has 0 aliphatic heterocycles. The molecule has 1 unspecified atom stereocenters. The predicted molar refractivity (Wildman–Crippen MR) is 75.7 cm³/mol. The molecule has 0 aliphatic carbocycles. The molecule has 0 fully saturated rings. The highest BCUT2D eigenvalue weighted by molar-refractivity contribution is 5.90. The normalized spacial score (nSPS) is 12.6. The van der Waals surface area contributed by atoms with E-state index in [9.17, 15) is 0 Å². The van der Waals surface area contributed by atoms with Crippen molar-refractivity contribution in [3.63, 3.8) is 0 Å². The fraction of sp³-hybridized carbons (Fsp3) is 0.400. The number of anilines is 1. The summed E-state index contributed by atoms with van der Waals surface area (Å²) >= 11 is 0. The van der Waals surface area contributed by atoms with Crippen LogP contribution < -0.4 is 5.32 Å². The van der Waals surface area contributed by atoms with Crippen molar-refractivity contribution < 1.29 is 5.11 Å². The Morgan fingerprint density at radius 1 is 1.28 bits per heavy atom. The molecule has 0 bridgehead atoms. The molecule has 3 heteroatoms. The number of aromatic nitrogens is 1. The van der Waals surface area contributed by atoms with E-state index in [0.717, 1.165) is 36.0 Å². The number of hydrogen-bond acceptors (Lipinski definition) is 3. The standard InChI is InChI=1S/C15H20N2O/c1-12(11-18)5-4-9-16-15-8-10-17-14-7-3-2-6-13(14)15/h2-3,6-8,10,12,18H,4-5,9,11H2,1H3,(H,16,17). The molecule has 0 aliphatic rings. The van der Waals surface area contributed by atoms with E-state index < -0.39 is 0 Å². The minimum absolute atomic E-state index is 0.276. The first-order valence-corrected chi connectivity index (χ1v) is 6.49. The summed E-state index contributed by atoms with van der Waals surface area (Å²) in [5.74, 6) is 0.390. The van der Waals surface area contributed by atoms with E-state index in [1.807, 2.05) is 30.5 Å². The monoisotopic (exact) mass is 244 g/mol. The van der Waals surface area contributed by atoms with Crippen LogP contribution in [-0.4, -0.2) is 23.2 Å². The number of para-hydroxylation sites is 1. The summed E-state index contributed by atoms with van der Waals surface area (Å²) in [6, 6.07) is 10.2.